The topological polar surface area (TPSA) is 58.2 Å². The van der Waals surface area contributed by atoms with Crippen LogP contribution in [0.2, 0.25) is 15.1 Å². The van der Waals surface area contributed by atoms with Crippen LogP contribution in [-0.4, -0.2) is 18.4 Å². The maximum Gasteiger partial charge on any atom is 0.252 e. The van der Waals surface area contributed by atoms with Crippen molar-refractivity contribution in [3.8, 4) is 0 Å². The summed E-state index contributed by atoms with van der Waals surface area (Å²) >= 11 is 17.5. The van der Waals surface area contributed by atoms with E-state index in [1.165, 1.54) is 12.1 Å². The van der Waals surface area contributed by atoms with Crippen LogP contribution in [-0.2, 0) is 4.79 Å². The number of benzene rings is 2. The van der Waals surface area contributed by atoms with E-state index in [0.29, 0.717) is 5.56 Å². The van der Waals surface area contributed by atoms with Crippen molar-refractivity contribution in [2.75, 3.05) is 6.54 Å². The van der Waals surface area contributed by atoms with Crippen LogP contribution in [0.25, 0.3) is 0 Å². The Morgan fingerprint density at radius 2 is 1.74 bits per heavy atom. The minimum Gasteiger partial charge on any atom is -0.351 e. The van der Waals surface area contributed by atoms with E-state index >= 15 is 0 Å². The molecule has 0 bridgehead atoms. The van der Waals surface area contributed by atoms with Crippen LogP contribution in [0.4, 0.5) is 8.78 Å². The third-order valence-corrected chi connectivity index (χ3v) is 4.63. The zero-order chi connectivity index (χ0) is 20.1. The number of carbonyl (C=O) groups excluding carboxylic acids is 2. The van der Waals surface area contributed by atoms with Crippen molar-refractivity contribution >= 4 is 46.6 Å². The predicted octanol–water partition coefficient (Wildman–Crippen LogP) is 4.92. The average molecular weight is 436 g/mol. The standard InChI is InChI=1S/C18H15Cl3F2N2O2/c1-9(12-7-16(23)15(21)8-14(12)20)25-17(26)4-5-24-18(27)11-3-2-10(22)6-13(11)19/h2-3,6-9H,4-5H2,1H3,(H,24,27)(H,25,26). The Kier molecular flexibility index (Phi) is 7.41. The normalized spacial score (nSPS) is 11.8. The van der Waals surface area contributed by atoms with Gasteiger partial charge >= 0.3 is 0 Å². The highest BCUT2D eigenvalue weighted by Gasteiger charge is 2.16. The Hall–Kier alpha value is -1.89. The van der Waals surface area contributed by atoms with E-state index in [4.69, 9.17) is 34.8 Å². The van der Waals surface area contributed by atoms with Gasteiger partial charge in [-0.1, -0.05) is 34.8 Å². The van der Waals surface area contributed by atoms with Gasteiger partial charge < -0.3 is 10.6 Å². The van der Waals surface area contributed by atoms with Crippen LogP contribution in [0.1, 0.15) is 35.3 Å². The highest BCUT2D eigenvalue weighted by Crippen LogP contribution is 2.28. The van der Waals surface area contributed by atoms with E-state index in [9.17, 15) is 18.4 Å². The fourth-order valence-electron chi connectivity index (χ4n) is 2.32. The fourth-order valence-corrected chi connectivity index (χ4v) is 3.12. The van der Waals surface area contributed by atoms with Gasteiger partial charge in [0.25, 0.3) is 5.91 Å². The van der Waals surface area contributed by atoms with Crippen molar-refractivity contribution < 1.29 is 18.4 Å². The molecule has 0 aliphatic carbocycles. The van der Waals surface area contributed by atoms with Gasteiger partial charge in [-0.2, -0.15) is 0 Å². The number of amides is 2. The van der Waals surface area contributed by atoms with Crippen molar-refractivity contribution in [1.29, 1.82) is 0 Å². The lowest BCUT2D eigenvalue weighted by Crippen LogP contribution is -2.32. The minimum absolute atomic E-state index is 0.0232. The van der Waals surface area contributed by atoms with Gasteiger partial charge in [0.05, 0.1) is 21.7 Å². The first kappa shape index (κ1) is 21.4. The third-order valence-electron chi connectivity index (χ3n) is 3.70. The van der Waals surface area contributed by atoms with E-state index in [-0.39, 0.29) is 39.5 Å². The van der Waals surface area contributed by atoms with Gasteiger partial charge in [0.15, 0.2) is 0 Å². The van der Waals surface area contributed by atoms with E-state index in [1.807, 2.05) is 0 Å². The summed E-state index contributed by atoms with van der Waals surface area (Å²) in [5.74, 6) is -2.09. The monoisotopic (exact) mass is 434 g/mol. The fraction of sp³-hybridized carbons (Fsp3) is 0.222. The Morgan fingerprint density at radius 3 is 2.41 bits per heavy atom. The zero-order valence-corrected chi connectivity index (χ0v) is 16.4. The molecule has 0 spiro atoms. The Morgan fingerprint density at radius 1 is 1.04 bits per heavy atom. The van der Waals surface area contributed by atoms with E-state index in [2.05, 4.69) is 10.6 Å². The zero-order valence-electron chi connectivity index (χ0n) is 14.1. The molecule has 2 amide bonds. The molecule has 9 heteroatoms. The first-order valence-corrected chi connectivity index (χ1v) is 8.99. The molecule has 0 aliphatic rings. The number of nitrogens with one attached hydrogen (secondary N) is 2. The molecule has 0 fully saturated rings. The van der Waals surface area contributed by atoms with Crippen molar-refractivity contribution in [3.63, 3.8) is 0 Å². The summed E-state index contributed by atoms with van der Waals surface area (Å²) in [7, 11) is 0. The number of carbonyl (C=O) groups is 2. The van der Waals surface area contributed by atoms with Crippen LogP contribution in [0.3, 0.4) is 0 Å². The van der Waals surface area contributed by atoms with Crippen molar-refractivity contribution in [3.05, 3.63) is 68.2 Å². The SMILES string of the molecule is CC(NC(=O)CCNC(=O)c1ccc(F)cc1Cl)c1cc(F)c(Cl)cc1Cl. The molecule has 2 aromatic carbocycles. The minimum atomic E-state index is -0.638. The van der Waals surface area contributed by atoms with Crippen molar-refractivity contribution in [2.45, 2.75) is 19.4 Å². The van der Waals surface area contributed by atoms with Gasteiger partial charge in [-0.05, 0) is 42.8 Å². The summed E-state index contributed by atoms with van der Waals surface area (Å²) in [6.07, 6.45) is -0.0252. The number of hydrogen-bond acceptors (Lipinski definition) is 2. The molecule has 2 rings (SSSR count). The van der Waals surface area contributed by atoms with Gasteiger partial charge in [0, 0.05) is 18.0 Å². The van der Waals surface area contributed by atoms with Gasteiger partial charge in [-0.25, -0.2) is 8.78 Å². The maximum absolute atomic E-state index is 13.6. The molecule has 4 nitrogen and oxygen atoms in total. The lowest BCUT2D eigenvalue weighted by atomic mass is 10.1. The number of rotatable bonds is 6. The second-order valence-corrected chi connectivity index (χ2v) is 6.93. The summed E-state index contributed by atoms with van der Waals surface area (Å²) in [5, 5.41) is 5.28. The summed E-state index contributed by atoms with van der Waals surface area (Å²) in [4.78, 5) is 24.0. The third kappa shape index (κ3) is 5.79. The molecule has 2 aromatic rings. The lowest BCUT2D eigenvalue weighted by Gasteiger charge is -2.16. The molecule has 0 heterocycles. The number of halogens is 5. The maximum atomic E-state index is 13.6. The Labute approximate surface area is 169 Å². The van der Waals surface area contributed by atoms with E-state index in [1.54, 1.807) is 6.92 Å². The molecular formula is C18H15Cl3F2N2O2. The predicted molar refractivity (Wildman–Crippen MR) is 101 cm³/mol. The quantitative estimate of drug-likeness (QED) is 0.633. The van der Waals surface area contributed by atoms with E-state index < -0.39 is 23.6 Å². The van der Waals surface area contributed by atoms with Crippen molar-refractivity contribution in [1.82, 2.24) is 10.6 Å². The molecule has 144 valence electrons. The second kappa shape index (κ2) is 9.35. The molecule has 0 radical (unpaired) electrons. The smallest absolute Gasteiger partial charge is 0.252 e. The highest BCUT2D eigenvalue weighted by molar-refractivity contribution is 6.35. The Bertz CT molecular complexity index is 878. The summed E-state index contributed by atoms with van der Waals surface area (Å²) in [5.41, 5.74) is 0.490. The van der Waals surface area contributed by atoms with Crippen LogP contribution < -0.4 is 10.6 Å². The summed E-state index contributed by atoms with van der Waals surface area (Å²) < 4.78 is 26.6. The first-order chi connectivity index (χ1) is 12.7. The van der Waals surface area contributed by atoms with Crippen LogP contribution in [0.5, 0.6) is 0 Å². The van der Waals surface area contributed by atoms with Crippen LogP contribution >= 0.6 is 34.8 Å². The Balaban J connectivity index is 1.87. The molecule has 1 atom stereocenters. The second-order valence-electron chi connectivity index (χ2n) is 5.71. The van der Waals surface area contributed by atoms with Crippen molar-refractivity contribution in [2.24, 2.45) is 0 Å². The molecule has 0 aliphatic heterocycles. The molecular weight excluding hydrogens is 421 g/mol. The summed E-state index contributed by atoms with van der Waals surface area (Å²) in [6.45, 7) is 1.68. The average Bonchev–Trinajstić information content (AvgIpc) is 2.57. The highest BCUT2D eigenvalue weighted by atomic mass is 35.5. The first-order valence-electron chi connectivity index (χ1n) is 7.86. The van der Waals surface area contributed by atoms with Gasteiger partial charge in [-0.15, -0.1) is 0 Å². The van der Waals surface area contributed by atoms with Gasteiger partial charge in [-0.3, -0.25) is 9.59 Å². The molecule has 27 heavy (non-hydrogen) atoms. The molecule has 0 saturated carbocycles. The molecule has 1 unspecified atom stereocenters. The van der Waals surface area contributed by atoms with Gasteiger partial charge in [0.1, 0.15) is 11.6 Å². The molecule has 0 saturated heterocycles. The largest absolute Gasteiger partial charge is 0.351 e. The summed E-state index contributed by atoms with van der Waals surface area (Å²) in [6, 6.07) is 5.27. The molecule has 0 aromatic heterocycles. The molecule has 2 N–H and O–H groups in total. The lowest BCUT2D eigenvalue weighted by molar-refractivity contribution is -0.121. The van der Waals surface area contributed by atoms with Gasteiger partial charge in [0.2, 0.25) is 5.91 Å². The van der Waals surface area contributed by atoms with Crippen LogP contribution in [0.15, 0.2) is 30.3 Å². The van der Waals surface area contributed by atoms with Crippen LogP contribution in [0, 0.1) is 11.6 Å². The van der Waals surface area contributed by atoms with E-state index in [0.717, 1.165) is 18.2 Å². The number of hydrogen-bond donors (Lipinski definition) is 2.